The Hall–Kier alpha value is -1.27. The number of halogens is 2. The summed E-state index contributed by atoms with van der Waals surface area (Å²) in [6.07, 6.45) is 0. The van der Waals surface area contributed by atoms with E-state index in [0.29, 0.717) is 17.3 Å². The first kappa shape index (κ1) is 14.1. The molecule has 0 saturated heterocycles. The molecule has 2 aromatic rings. The standard InChI is InChI=1S/C12H12ClFN2O2S/c1-7(12-15-8(2)16-18-12)19(17)6-9-3-4-10(14)5-11(9)13/h3-5,7H,6H2,1-2H3. The van der Waals surface area contributed by atoms with E-state index in [9.17, 15) is 8.60 Å². The van der Waals surface area contributed by atoms with Crippen LogP contribution in [0.15, 0.2) is 22.7 Å². The fourth-order valence-corrected chi connectivity index (χ4v) is 2.95. The predicted octanol–water partition coefficient (Wildman–Crippen LogP) is 3.18. The van der Waals surface area contributed by atoms with Crippen LogP contribution in [0, 0.1) is 12.7 Å². The van der Waals surface area contributed by atoms with E-state index in [1.54, 1.807) is 13.8 Å². The molecule has 2 rings (SSSR count). The number of aryl methyl sites for hydroxylation is 1. The molecule has 0 amide bonds. The van der Waals surface area contributed by atoms with E-state index < -0.39 is 21.9 Å². The minimum Gasteiger partial charge on any atom is -0.338 e. The highest BCUT2D eigenvalue weighted by Gasteiger charge is 2.20. The molecule has 0 radical (unpaired) electrons. The fraction of sp³-hybridized carbons (Fsp3) is 0.333. The van der Waals surface area contributed by atoms with Gasteiger partial charge in [-0.05, 0) is 31.5 Å². The van der Waals surface area contributed by atoms with Gasteiger partial charge in [0.25, 0.3) is 0 Å². The average Bonchev–Trinajstić information content (AvgIpc) is 2.78. The summed E-state index contributed by atoms with van der Waals surface area (Å²) in [5.41, 5.74) is 0.629. The van der Waals surface area contributed by atoms with E-state index in [-0.39, 0.29) is 10.8 Å². The molecule has 4 nitrogen and oxygen atoms in total. The zero-order chi connectivity index (χ0) is 14.0. The highest BCUT2D eigenvalue weighted by Crippen LogP contribution is 2.24. The summed E-state index contributed by atoms with van der Waals surface area (Å²) in [6.45, 7) is 3.43. The molecule has 2 unspecified atom stereocenters. The van der Waals surface area contributed by atoms with Gasteiger partial charge in [-0.25, -0.2) is 4.39 Å². The molecule has 1 heterocycles. The zero-order valence-electron chi connectivity index (χ0n) is 10.4. The van der Waals surface area contributed by atoms with Gasteiger partial charge in [-0.2, -0.15) is 4.98 Å². The van der Waals surface area contributed by atoms with Crippen molar-refractivity contribution in [3.8, 4) is 0 Å². The van der Waals surface area contributed by atoms with E-state index in [1.807, 2.05) is 0 Å². The maximum absolute atomic E-state index is 12.9. The third-order valence-electron chi connectivity index (χ3n) is 2.60. The second kappa shape index (κ2) is 5.79. The predicted molar refractivity (Wildman–Crippen MR) is 70.7 cm³/mol. The Morgan fingerprint density at radius 3 is 2.84 bits per heavy atom. The van der Waals surface area contributed by atoms with Gasteiger partial charge >= 0.3 is 0 Å². The molecule has 0 bridgehead atoms. The molecule has 0 aliphatic carbocycles. The summed E-state index contributed by atoms with van der Waals surface area (Å²) in [4.78, 5) is 4.05. The van der Waals surface area contributed by atoms with Crippen LogP contribution < -0.4 is 0 Å². The Labute approximate surface area is 117 Å². The van der Waals surface area contributed by atoms with Gasteiger partial charge in [-0.3, -0.25) is 4.21 Å². The molecule has 19 heavy (non-hydrogen) atoms. The van der Waals surface area contributed by atoms with Crippen LogP contribution in [0.25, 0.3) is 0 Å². The third kappa shape index (κ3) is 3.39. The maximum atomic E-state index is 12.9. The monoisotopic (exact) mass is 302 g/mol. The van der Waals surface area contributed by atoms with Crippen LogP contribution in [0.2, 0.25) is 5.02 Å². The third-order valence-corrected chi connectivity index (χ3v) is 4.54. The summed E-state index contributed by atoms with van der Waals surface area (Å²) >= 11 is 5.90. The smallest absolute Gasteiger partial charge is 0.242 e. The van der Waals surface area contributed by atoms with Gasteiger partial charge in [0.15, 0.2) is 5.82 Å². The minimum absolute atomic E-state index is 0.210. The van der Waals surface area contributed by atoms with Crippen molar-refractivity contribution in [2.24, 2.45) is 0 Å². The van der Waals surface area contributed by atoms with Gasteiger partial charge in [0.2, 0.25) is 5.89 Å². The molecule has 0 aliphatic heterocycles. The summed E-state index contributed by atoms with van der Waals surface area (Å²) in [6, 6.07) is 4.02. The van der Waals surface area contributed by atoms with E-state index in [1.165, 1.54) is 18.2 Å². The quantitative estimate of drug-likeness (QED) is 0.870. The van der Waals surface area contributed by atoms with E-state index in [2.05, 4.69) is 10.1 Å². The molecule has 102 valence electrons. The lowest BCUT2D eigenvalue weighted by molar-refractivity contribution is 0.375. The van der Waals surface area contributed by atoms with Crippen molar-refractivity contribution in [1.82, 2.24) is 10.1 Å². The fourth-order valence-electron chi connectivity index (χ4n) is 1.51. The molecule has 2 atom stereocenters. The van der Waals surface area contributed by atoms with Gasteiger partial charge < -0.3 is 4.52 Å². The largest absolute Gasteiger partial charge is 0.338 e. The summed E-state index contributed by atoms with van der Waals surface area (Å²) < 4.78 is 30.1. The van der Waals surface area contributed by atoms with Gasteiger partial charge in [-0.1, -0.05) is 22.8 Å². The normalized spacial score (nSPS) is 14.3. The van der Waals surface area contributed by atoms with Crippen LogP contribution in [0.5, 0.6) is 0 Å². The summed E-state index contributed by atoms with van der Waals surface area (Å²) in [5, 5.41) is 3.53. The molecule has 1 aromatic carbocycles. The molecule has 0 spiro atoms. The lowest BCUT2D eigenvalue weighted by atomic mass is 10.2. The summed E-state index contributed by atoms with van der Waals surface area (Å²) in [7, 11) is -1.27. The Morgan fingerprint density at radius 1 is 1.53 bits per heavy atom. The van der Waals surface area contributed by atoms with Crippen LogP contribution in [0.4, 0.5) is 4.39 Å². The molecule has 0 fully saturated rings. The topological polar surface area (TPSA) is 56.0 Å². The van der Waals surface area contributed by atoms with Crippen LogP contribution in [-0.2, 0) is 16.6 Å². The van der Waals surface area contributed by atoms with Crippen molar-refractivity contribution in [3.63, 3.8) is 0 Å². The molecular weight excluding hydrogens is 291 g/mol. The first-order valence-corrected chi connectivity index (χ1v) is 7.34. The van der Waals surface area contributed by atoms with E-state index >= 15 is 0 Å². The molecule has 7 heteroatoms. The number of hydrogen-bond acceptors (Lipinski definition) is 4. The van der Waals surface area contributed by atoms with Crippen molar-refractivity contribution >= 4 is 22.4 Å². The zero-order valence-corrected chi connectivity index (χ0v) is 12.0. The number of nitrogens with zero attached hydrogens (tertiary/aromatic N) is 2. The molecule has 1 aromatic heterocycles. The maximum Gasteiger partial charge on any atom is 0.242 e. The molecule has 0 saturated carbocycles. The Bertz CT molecular complexity index is 618. The SMILES string of the molecule is Cc1noc(C(C)S(=O)Cc2ccc(F)cc2Cl)n1. The lowest BCUT2D eigenvalue weighted by Gasteiger charge is -2.08. The van der Waals surface area contributed by atoms with Crippen molar-refractivity contribution in [3.05, 3.63) is 46.3 Å². The lowest BCUT2D eigenvalue weighted by Crippen LogP contribution is -2.06. The Morgan fingerprint density at radius 2 is 2.26 bits per heavy atom. The van der Waals surface area contributed by atoms with Gasteiger partial charge in [0.05, 0.1) is 5.75 Å². The van der Waals surface area contributed by atoms with Gasteiger partial charge in [-0.15, -0.1) is 0 Å². The van der Waals surface area contributed by atoms with Crippen molar-refractivity contribution in [2.45, 2.75) is 24.9 Å². The highest BCUT2D eigenvalue weighted by atomic mass is 35.5. The average molecular weight is 303 g/mol. The van der Waals surface area contributed by atoms with Gasteiger partial charge in [0, 0.05) is 15.8 Å². The first-order valence-electron chi connectivity index (χ1n) is 5.58. The van der Waals surface area contributed by atoms with E-state index in [0.717, 1.165) is 0 Å². The number of rotatable bonds is 4. The van der Waals surface area contributed by atoms with Crippen LogP contribution in [0.3, 0.4) is 0 Å². The Kier molecular flexibility index (Phi) is 4.31. The number of aromatic nitrogens is 2. The second-order valence-electron chi connectivity index (χ2n) is 4.08. The molecular formula is C12H12ClFN2O2S. The van der Waals surface area contributed by atoms with Crippen LogP contribution in [0.1, 0.15) is 29.5 Å². The number of hydrogen-bond donors (Lipinski definition) is 0. The number of benzene rings is 1. The minimum atomic E-state index is -1.27. The van der Waals surface area contributed by atoms with Gasteiger partial charge in [0.1, 0.15) is 11.1 Å². The van der Waals surface area contributed by atoms with Crippen LogP contribution in [-0.4, -0.2) is 14.3 Å². The van der Waals surface area contributed by atoms with Crippen LogP contribution >= 0.6 is 11.6 Å². The van der Waals surface area contributed by atoms with Crippen molar-refractivity contribution in [1.29, 1.82) is 0 Å². The summed E-state index contributed by atoms with van der Waals surface area (Å²) in [5.74, 6) is 0.620. The molecule has 0 N–H and O–H groups in total. The molecule has 0 aliphatic rings. The van der Waals surface area contributed by atoms with Crippen molar-refractivity contribution < 1.29 is 13.1 Å². The Balaban J connectivity index is 2.12. The van der Waals surface area contributed by atoms with E-state index in [4.69, 9.17) is 16.1 Å². The first-order chi connectivity index (χ1) is 8.97. The van der Waals surface area contributed by atoms with Crippen molar-refractivity contribution in [2.75, 3.05) is 0 Å². The second-order valence-corrected chi connectivity index (χ2v) is 6.25. The highest BCUT2D eigenvalue weighted by molar-refractivity contribution is 7.84.